The molecule has 7 heteroatoms. The van der Waals surface area contributed by atoms with Crippen LogP contribution in [-0.2, 0) is 11.4 Å². The molecule has 0 bridgehead atoms. The number of halogens is 2. The zero-order chi connectivity index (χ0) is 18.4. The third-order valence-electron chi connectivity index (χ3n) is 3.62. The molecule has 0 aliphatic rings. The number of carbonyl (C=O) groups excluding carboxylic acids is 1. The van der Waals surface area contributed by atoms with Crippen molar-refractivity contribution < 1.29 is 24.1 Å². The van der Waals surface area contributed by atoms with E-state index in [4.69, 9.17) is 16.3 Å². The summed E-state index contributed by atoms with van der Waals surface area (Å²) in [7, 11) is 0. The molecule has 0 fully saturated rings. The summed E-state index contributed by atoms with van der Waals surface area (Å²) >= 11 is 5.86. The van der Waals surface area contributed by atoms with Crippen molar-refractivity contribution in [3.8, 4) is 5.75 Å². The van der Waals surface area contributed by atoms with Crippen LogP contribution in [0, 0.1) is 5.82 Å². The molecule has 0 heterocycles. The van der Waals surface area contributed by atoms with Gasteiger partial charge in [0, 0.05) is 10.6 Å². The van der Waals surface area contributed by atoms with Gasteiger partial charge in [0.05, 0.1) is 19.3 Å². The molecule has 0 radical (unpaired) electrons. The lowest BCUT2D eigenvalue weighted by Crippen LogP contribution is -2.40. The fourth-order valence-corrected chi connectivity index (χ4v) is 2.47. The quantitative estimate of drug-likeness (QED) is 0.703. The number of carbonyl (C=O) groups is 1. The van der Waals surface area contributed by atoms with Crippen molar-refractivity contribution in [2.75, 3.05) is 6.61 Å². The summed E-state index contributed by atoms with van der Waals surface area (Å²) in [5, 5.41) is 21.9. The summed E-state index contributed by atoms with van der Waals surface area (Å²) in [5.41, 5.74) is 0.904. The molecule has 25 heavy (non-hydrogen) atoms. The number of hydrogen-bond donors (Lipinski definition) is 3. The summed E-state index contributed by atoms with van der Waals surface area (Å²) in [6.07, 6.45) is -0.894. The van der Waals surface area contributed by atoms with E-state index < -0.39 is 23.9 Å². The minimum absolute atomic E-state index is 0.285. The van der Waals surface area contributed by atoms with Crippen molar-refractivity contribution >= 4 is 17.5 Å². The van der Waals surface area contributed by atoms with Gasteiger partial charge in [0.15, 0.2) is 6.10 Å². The van der Waals surface area contributed by atoms with E-state index in [1.54, 1.807) is 24.3 Å². The molecule has 2 atom stereocenters. The average molecular weight is 368 g/mol. The fourth-order valence-electron chi connectivity index (χ4n) is 2.28. The molecule has 2 aromatic carbocycles. The third kappa shape index (κ3) is 5.16. The standard InChI is InChI=1S/C18H19ClFNO4/c1-11(25-17-6-5-14(19)7-13(17)9-22)18(24)21-16(10-23)12-3-2-4-15(20)8-12/h2-8,11,16,22-23H,9-10H2,1H3,(H,21,24). The second kappa shape index (κ2) is 8.80. The molecule has 0 spiro atoms. The summed E-state index contributed by atoms with van der Waals surface area (Å²) in [4.78, 5) is 12.3. The molecule has 134 valence electrons. The second-order valence-corrected chi connectivity index (χ2v) is 5.91. The van der Waals surface area contributed by atoms with E-state index in [9.17, 15) is 19.4 Å². The maximum atomic E-state index is 13.3. The molecule has 0 saturated heterocycles. The predicted octanol–water partition coefficient (Wildman–Crippen LogP) is 2.59. The molecular formula is C18H19ClFNO4. The Kier molecular flexibility index (Phi) is 6.75. The highest BCUT2D eigenvalue weighted by atomic mass is 35.5. The van der Waals surface area contributed by atoms with Gasteiger partial charge in [0.25, 0.3) is 5.91 Å². The maximum Gasteiger partial charge on any atom is 0.261 e. The van der Waals surface area contributed by atoms with Crippen molar-refractivity contribution in [1.29, 1.82) is 0 Å². The Morgan fingerprint density at radius 1 is 1.28 bits per heavy atom. The van der Waals surface area contributed by atoms with Gasteiger partial charge < -0.3 is 20.3 Å². The Morgan fingerprint density at radius 2 is 2.04 bits per heavy atom. The summed E-state index contributed by atoms with van der Waals surface area (Å²) < 4.78 is 18.9. The van der Waals surface area contributed by atoms with Crippen molar-refractivity contribution in [2.24, 2.45) is 0 Å². The van der Waals surface area contributed by atoms with Gasteiger partial charge in [-0.25, -0.2) is 4.39 Å². The molecular weight excluding hydrogens is 349 g/mol. The number of aliphatic hydroxyl groups is 2. The van der Waals surface area contributed by atoms with Gasteiger partial charge in [-0.1, -0.05) is 23.7 Å². The van der Waals surface area contributed by atoms with Gasteiger partial charge >= 0.3 is 0 Å². The zero-order valence-electron chi connectivity index (χ0n) is 13.6. The Labute approximate surface area is 150 Å². The highest BCUT2D eigenvalue weighted by Crippen LogP contribution is 2.24. The number of hydrogen-bond acceptors (Lipinski definition) is 4. The molecule has 3 N–H and O–H groups in total. The third-order valence-corrected chi connectivity index (χ3v) is 3.85. The topological polar surface area (TPSA) is 78.8 Å². The molecule has 0 aliphatic carbocycles. The highest BCUT2D eigenvalue weighted by molar-refractivity contribution is 6.30. The van der Waals surface area contributed by atoms with Gasteiger partial charge in [0.2, 0.25) is 0 Å². The first kappa shape index (κ1) is 19.2. The zero-order valence-corrected chi connectivity index (χ0v) is 14.3. The Balaban J connectivity index is 2.06. The largest absolute Gasteiger partial charge is 0.481 e. The Bertz CT molecular complexity index is 741. The van der Waals surface area contributed by atoms with Crippen molar-refractivity contribution in [2.45, 2.75) is 25.7 Å². The SMILES string of the molecule is CC(Oc1ccc(Cl)cc1CO)C(=O)NC(CO)c1cccc(F)c1. The van der Waals surface area contributed by atoms with Crippen LogP contribution in [0.2, 0.25) is 5.02 Å². The molecule has 2 rings (SSSR count). The summed E-state index contributed by atoms with van der Waals surface area (Å²) in [5.74, 6) is -0.605. The summed E-state index contributed by atoms with van der Waals surface area (Å²) in [6.45, 7) is 0.864. The molecule has 2 aromatic rings. The lowest BCUT2D eigenvalue weighted by atomic mass is 10.1. The maximum absolute atomic E-state index is 13.3. The first-order chi connectivity index (χ1) is 11.9. The number of ether oxygens (including phenoxy) is 1. The van der Waals surface area contributed by atoms with Crippen LogP contribution in [-0.4, -0.2) is 28.8 Å². The number of nitrogens with one attached hydrogen (secondary N) is 1. The van der Waals surface area contributed by atoms with E-state index >= 15 is 0 Å². The van der Waals surface area contributed by atoms with Gasteiger partial charge in [-0.15, -0.1) is 0 Å². The fraction of sp³-hybridized carbons (Fsp3) is 0.278. The van der Waals surface area contributed by atoms with Crippen molar-refractivity contribution in [1.82, 2.24) is 5.32 Å². The first-order valence-corrected chi connectivity index (χ1v) is 8.05. The van der Waals surface area contributed by atoms with Crippen molar-refractivity contribution in [3.63, 3.8) is 0 Å². The average Bonchev–Trinajstić information content (AvgIpc) is 2.60. The van der Waals surface area contributed by atoms with Gasteiger partial charge in [-0.05, 0) is 42.8 Å². The first-order valence-electron chi connectivity index (χ1n) is 7.67. The Morgan fingerprint density at radius 3 is 2.68 bits per heavy atom. The number of amides is 1. The van der Waals surface area contributed by atoms with Crippen LogP contribution in [0.5, 0.6) is 5.75 Å². The van der Waals surface area contributed by atoms with E-state index in [1.807, 2.05) is 0 Å². The lowest BCUT2D eigenvalue weighted by Gasteiger charge is -2.21. The smallest absolute Gasteiger partial charge is 0.261 e. The monoisotopic (exact) mass is 367 g/mol. The van der Waals surface area contributed by atoms with Crippen LogP contribution in [0.25, 0.3) is 0 Å². The molecule has 5 nitrogen and oxygen atoms in total. The molecule has 1 amide bonds. The van der Waals surface area contributed by atoms with Crippen LogP contribution in [0.1, 0.15) is 24.1 Å². The van der Waals surface area contributed by atoms with Crippen LogP contribution in [0.3, 0.4) is 0 Å². The Hall–Kier alpha value is -2.15. The molecule has 2 unspecified atom stereocenters. The van der Waals surface area contributed by atoms with Crippen molar-refractivity contribution in [3.05, 3.63) is 64.4 Å². The normalized spacial score (nSPS) is 13.2. The minimum atomic E-state index is -0.894. The second-order valence-electron chi connectivity index (χ2n) is 5.47. The number of aliphatic hydroxyl groups excluding tert-OH is 2. The molecule has 0 saturated carbocycles. The van der Waals surface area contributed by atoms with Crippen LogP contribution in [0.15, 0.2) is 42.5 Å². The van der Waals surface area contributed by atoms with E-state index in [2.05, 4.69) is 5.32 Å². The minimum Gasteiger partial charge on any atom is -0.481 e. The van der Waals surface area contributed by atoms with E-state index in [0.717, 1.165) is 0 Å². The molecule has 0 aliphatic heterocycles. The van der Waals surface area contributed by atoms with Gasteiger partial charge in [-0.2, -0.15) is 0 Å². The number of benzene rings is 2. The molecule has 0 aromatic heterocycles. The van der Waals surface area contributed by atoms with Crippen LogP contribution in [0.4, 0.5) is 4.39 Å². The summed E-state index contributed by atoms with van der Waals surface area (Å²) in [6, 6.07) is 9.58. The van der Waals surface area contributed by atoms with Crippen LogP contribution >= 0.6 is 11.6 Å². The van der Waals surface area contributed by atoms with E-state index in [-0.39, 0.29) is 13.2 Å². The van der Waals surface area contributed by atoms with E-state index in [0.29, 0.717) is 21.9 Å². The van der Waals surface area contributed by atoms with E-state index in [1.165, 1.54) is 25.1 Å². The lowest BCUT2D eigenvalue weighted by molar-refractivity contribution is -0.128. The number of rotatable bonds is 7. The van der Waals surface area contributed by atoms with Gasteiger partial charge in [0.1, 0.15) is 11.6 Å². The van der Waals surface area contributed by atoms with Crippen LogP contribution < -0.4 is 10.1 Å². The predicted molar refractivity (Wildman–Crippen MR) is 91.8 cm³/mol. The highest BCUT2D eigenvalue weighted by Gasteiger charge is 2.21. The van der Waals surface area contributed by atoms with Gasteiger partial charge in [-0.3, -0.25) is 4.79 Å².